The Hall–Kier alpha value is -2.84. The van der Waals surface area contributed by atoms with E-state index in [-0.39, 0.29) is 10.0 Å². The maximum absolute atomic E-state index is 12.7. The molecule has 0 aliphatic heterocycles. The van der Waals surface area contributed by atoms with E-state index in [0.29, 0.717) is 0 Å². The maximum Gasteiger partial charge on any atom is 0.281 e. The fourth-order valence-corrected chi connectivity index (χ4v) is 3.08. The molecule has 2 aromatic rings. The number of fused-ring (bicyclic) bond motifs is 2. The molecule has 0 saturated heterocycles. The molecule has 0 N–H and O–H groups in total. The van der Waals surface area contributed by atoms with E-state index in [1.807, 2.05) is 0 Å². The van der Waals surface area contributed by atoms with Crippen LogP contribution in [0.15, 0.2) is 24.3 Å². The largest absolute Gasteiger partial charge is 0.288 e. The second-order valence-corrected chi connectivity index (χ2v) is 5.62. The number of rotatable bonds is 2. The SMILES string of the molecule is O=C1c2c(Cl)ccc([N+](=O)[O-])c2C(=O)c2c(Cl)ccc([N+](=O)[O-])c21. The highest BCUT2D eigenvalue weighted by Crippen LogP contribution is 2.42. The predicted molar refractivity (Wildman–Crippen MR) is 83.1 cm³/mol. The minimum Gasteiger partial charge on any atom is -0.288 e. The van der Waals surface area contributed by atoms with E-state index in [2.05, 4.69) is 0 Å². The summed E-state index contributed by atoms with van der Waals surface area (Å²) in [5, 5.41) is 21.9. The van der Waals surface area contributed by atoms with E-state index in [9.17, 15) is 29.8 Å². The molecule has 8 nitrogen and oxygen atoms in total. The molecule has 1 aliphatic carbocycles. The van der Waals surface area contributed by atoms with Crippen molar-refractivity contribution in [3.63, 3.8) is 0 Å². The quantitative estimate of drug-likeness (QED) is 0.504. The highest BCUT2D eigenvalue weighted by molar-refractivity contribution is 6.43. The summed E-state index contributed by atoms with van der Waals surface area (Å²) < 4.78 is 0. The van der Waals surface area contributed by atoms with Crippen molar-refractivity contribution in [2.45, 2.75) is 0 Å². The van der Waals surface area contributed by atoms with Gasteiger partial charge in [-0.2, -0.15) is 0 Å². The average molecular weight is 367 g/mol. The molecule has 0 amide bonds. The van der Waals surface area contributed by atoms with E-state index >= 15 is 0 Å². The lowest BCUT2D eigenvalue weighted by molar-refractivity contribution is -0.385. The van der Waals surface area contributed by atoms with Crippen molar-refractivity contribution in [3.8, 4) is 0 Å². The van der Waals surface area contributed by atoms with Gasteiger partial charge in [0.15, 0.2) is 0 Å². The van der Waals surface area contributed by atoms with Gasteiger partial charge in [0, 0.05) is 12.1 Å². The van der Waals surface area contributed by atoms with Gasteiger partial charge in [-0.15, -0.1) is 0 Å². The van der Waals surface area contributed by atoms with Gasteiger partial charge in [-0.25, -0.2) is 0 Å². The number of ketones is 2. The summed E-state index contributed by atoms with van der Waals surface area (Å²) in [5.41, 5.74) is -3.16. The molecule has 0 bridgehead atoms. The molecule has 1 aliphatic rings. The number of nitro groups is 2. The first-order valence-corrected chi connectivity index (χ1v) is 7.04. The van der Waals surface area contributed by atoms with Crippen molar-refractivity contribution in [1.29, 1.82) is 0 Å². The van der Waals surface area contributed by atoms with Crippen LogP contribution in [0.2, 0.25) is 10.0 Å². The number of hydrogen-bond donors (Lipinski definition) is 0. The average Bonchev–Trinajstić information content (AvgIpc) is 2.51. The van der Waals surface area contributed by atoms with Crippen LogP contribution in [-0.2, 0) is 0 Å². The predicted octanol–water partition coefficient (Wildman–Crippen LogP) is 3.59. The Morgan fingerprint density at radius 3 is 1.29 bits per heavy atom. The summed E-state index contributed by atoms with van der Waals surface area (Å²) in [7, 11) is 0. The van der Waals surface area contributed by atoms with Crippen LogP contribution in [0.5, 0.6) is 0 Å². The van der Waals surface area contributed by atoms with E-state index in [4.69, 9.17) is 23.2 Å². The Balaban J connectivity index is 2.47. The number of carbonyl (C=O) groups excluding carboxylic acids is 2. The van der Waals surface area contributed by atoms with Crippen LogP contribution >= 0.6 is 23.2 Å². The summed E-state index contributed by atoms with van der Waals surface area (Å²) in [4.78, 5) is 46.1. The van der Waals surface area contributed by atoms with E-state index in [1.54, 1.807) is 0 Å². The summed E-state index contributed by atoms with van der Waals surface area (Å²) in [5.74, 6) is -1.91. The van der Waals surface area contributed by atoms with Gasteiger partial charge in [-0.05, 0) is 12.1 Å². The summed E-state index contributed by atoms with van der Waals surface area (Å²) >= 11 is 11.8. The molecule has 0 unspecified atom stereocenters. The molecule has 0 radical (unpaired) electrons. The molecule has 0 spiro atoms. The summed E-state index contributed by atoms with van der Waals surface area (Å²) in [6, 6.07) is 4.15. The molecule has 0 saturated carbocycles. The zero-order chi connectivity index (χ0) is 17.8. The molecule has 0 fully saturated rings. The van der Waals surface area contributed by atoms with Gasteiger partial charge in [0.2, 0.25) is 11.6 Å². The summed E-state index contributed by atoms with van der Waals surface area (Å²) in [6.07, 6.45) is 0. The third-order valence-corrected chi connectivity index (χ3v) is 4.20. The first kappa shape index (κ1) is 16.0. The fraction of sp³-hybridized carbons (Fsp3) is 0. The van der Waals surface area contributed by atoms with E-state index in [1.165, 1.54) is 0 Å². The van der Waals surface area contributed by atoms with Gasteiger partial charge < -0.3 is 0 Å². The van der Waals surface area contributed by atoms with Crippen molar-refractivity contribution in [2.24, 2.45) is 0 Å². The second-order valence-electron chi connectivity index (χ2n) is 4.81. The zero-order valence-electron chi connectivity index (χ0n) is 11.4. The molecule has 0 atom stereocenters. The van der Waals surface area contributed by atoms with Gasteiger partial charge in [-0.1, -0.05) is 23.2 Å². The van der Waals surface area contributed by atoms with Gasteiger partial charge in [0.1, 0.15) is 11.1 Å². The van der Waals surface area contributed by atoms with Crippen LogP contribution in [0.1, 0.15) is 31.8 Å². The first-order valence-electron chi connectivity index (χ1n) is 6.29. The molecule has 120 valence electrons. The van der Waals surface area contributed by atoms with Crippen molar-refractivity contribution >= 4 is 46.1 Å². The first-order chi connectivity index (χ1) is 11.3. The van der Waals surface area contributed by atoms with Crippen LogP contribution in [0.25, 0.3) is 0 Å². The minimum atomic E-state index is -0.956. The number of benzene rings is 2. The van der Waals surface area contributed by atoms with Crippen molar-refractivity contribution in [1.82, 2.24) is 0 Å². The number of carbonyl (C=O) groups is 2. The van der Waals surface area contributed by atoms with Gasteiger partial charge in [0.05, 0.1) is 31.0 Å². The molecule has 10 heteroatoms. The number of nitro benzene ring substituents is 2. The monoisotopic (exact) mass is 366 g/mol. The third-order valence-electron chi connectivity index (χ3n) is 3.57. The molecular weight excluding hydrogens is 363 g/mol. The van der Waals surface area contributed by atoms with Gasteiger partial charge in [0.25, 0.3) is 11.4 Å². The molecule has 0 aromatic heterocycles. The second kappa shape index (κ2) is 5.36. The van der Waals surface area contributed by atoms with Gasteiger partial charge in [-0.3, -0.25) is 29.8 Å². The van der Waals surface area contributed by atoms with Crippen LogP contribution < -0.4 is 0 Å². The topological polar surface area (TPSA) is 120 Å². The smallest absolute Gasteiger partial charge is 0.281 e. The van der Waals surface area contributed by atoms with Gasteiger partial charge >= 0.3 is 0 Å². The third kappa shape index (κ3) is 2.08. The van der Waals surface area contributed by atoms with Crippen molar-refractivity contribution < 1.29 is 19.4 Å². The van der Waals surface area contributed by atoms with Crippen molar-refractivity contribution in [3.05, 3.63) is 76.8 Å². The Labute approximate surface area is 142 Å². The highest BCUT2D eigenvalue weighted by Gasteiger charge is 2.42. The Morgan fingerprint density at radius 1 is 0.667 bits per heavy atom. The molecule has 3 rings (SSSR count). The molecule has 24 heavy (non-hydrogen) atoms. The molecule has 2 aromatic carbocycles. The van der Waals surface area contributed by atoms with E-state index in [0.717, 1.165) is 24.3 Å². The standard InChI is InChI=1S/C14H4Cl2N2O6/c15-5-1-3-7(17(21)22)11-9(5)13(19)12-8(18(23)24)4-2-6(16)10(12)14(11)20/h1-4H. The Kier molecular flexibility index (Phi) is 3.58. The molecular formula is C14H4Cl2N2O6. The number of hydrogen-bond acceptors (Lipinski definition) is 6. The maximum atomic E-state index is 12.7. The normalized spacial score (nSPS) is 12.6. The Bertz CT molecular complexity index is 906. The van der Waals surface area contributed by atoms with Crippen molar-refractivity contribution in [2.75, 3.05) is 0 Å². The van der Waals surface area contributed by atoms with Crippen LogP contribution in [-0.4, -0.2) is 21.4 Å². The lowest BCUT2D eigenvalue weighted by atomic mass is 9.82. The minimum absolute atomic E-state index is 0.214. The Morgan fingerprint density at radius 2 is 1.00 bits per heavy atom. The molecule has 0 heterocycles. The van der Waals surface area contributed by atoms with Crippen LogP contribution in [0.3, 0.4) is 0 Å². The zero-order valence-corrected chi connectivity index (χ0v) is 12.9. The summed E-state index contributed by atoms with van der Waals surface area (Å²) in [6.45, 7) is 0. The van der Waals surface area contributed by atoms with Crippen LogP contribution in [0.4, 0.5) is 11.4 Å². The number of halogens is 2. The van der Waals surface area contributed by atoms with Crippen LogP contribution in [0, 0.1) is 20.2 Å². The number of nitrogens with zero attached hydrogens (tertiary/aromatic N) is 2. The highest BCUT2D eigenvalue weighted by atomic mass is 35.5. The fourth-order valence-electron chi connectivity index (χ4n) is 2.59. The lowest BCUT2D eigenvalue weighted by Crippen LogP contribution is -2.24. The lowest BCUT2D eigenvalue weighted by Gasteiger charge is -2.19. The van der Waals surface area contributed by atoms with E-state index < -0.39 is 55.0 Å².